The van der Waals surface area contributed by atoms with Crippen LogP contribution < -0.4 is 10.1 Å². The van der Waals surface area contributed by atoms with E-state index in [0.717, 1.165) is 23.6 Å². The molecular formula is C18H23NO2. The lowest BCUT2D eigenvalue weighted by Crippen LogP contribution is -2.22. The summed E-state index contributed by atoms with van der Waals surface area (Å²) in [6.45, 7) is 5.56. The summed E-state index contributed by atoms with van der Waals surface area (Å²) >= 11 is 0. The molecular weight excluding hydrogens is 262 g/mol. The summed E-state index contributed by atoms with van der Waals surface area (Å²) in [4.78, 5) is 0. The second-order valence-electron chi connectivity index (χ2n) is 5.98. The van der Waals surface area contributed by atoms with E-state index in [1.54, 1.807) is 6.26 Å². The monoisotopic (exact) mass is 285 g/mol. The molecule has 0 atom stereocenters. The Bertz CT molecular complexity index is 601. The molecule has 1 aliphatic rings. The van der Waals surface area contributed by atoms with E-state index in [4.69, 9.17) is 9.15 Å². The molecule has 2 aromatic rings. The van der Waals surface area contributed by atoms with Crippen molar-refractivity contribution < 1.29 is 9.15 Å². The maximum absolute atomic E-state index is 5.94. The van der Waals surface area contributed by atoms with Crippen molar-refractivity contribution in [3.8, 4) is 5.75 Å². The average molecular weight is 285 g/mol. The van der Waals surface area contributed by atoms with Crippen LogP contribution in [-0.4, -0.2) is 6.04 Å². The van der Waals surface area contributed by atoms with Crippen LogP contribution in [0.25, 0.3) is 0 Å². The van der Waals surface area contributed by atoms with E-state index in [1.807, 2.05) is 6.07 Å². The predicted molar refractivity (Wildman–Crippen MR) is 83.5 cm³/mol. The van der Waals surface area contributed by atoms with Gasteiger partial charge in [0.2, 0.25) is 0 Å². The molecule has 0 unspecified atom stereocenters. The minimum atomic E-state index is 0.445. The molecule has 0 saturated heterocycles. The lowest BCUT2D eigenvalue weighted by Gasteiger charge is -2.10. The standard InChI is InChI=1S/C18H23NO2/c1-13(2)19-11-18-16(8-9-20-18)12-21-17-7-6-14-4-3-5-15(14)10-17/h6-10,13,19H,3-5,11-12H2,1-2H3. The van der Waals surface area contributed by atoms with Gasteiger partial charge < -0.3 is 14.5 Å². The molecule has 0 aliphatic heterocycles. The molecule has 3 rings (SSSR count). The summed E-state index contributed by atoms with van der Waals surface area (Å²) in [5.41, 5.74) is 4.04. The Morgan fingerprint density at radius 2 is 2.05 bits per heavy atom. The Balaban J connectivity index is 1.61. The third kappa shape index (κ3) is 3.48. The zero-order valence-corrected chi connectivity index (χ0v) is 12.8. The van der Waals surface area contributed by atoms with Gasteiger partial charge in [-0.25, -0.2) is 0 Å². The van der Waals surface area contributed by atoms with E-state index in [9.17, 15) is 0 Å². The van der Waals surface area contributed by atoms with Crippen LogP contribution in [0.4, 0.5) is 0 Å². The van der Waals surface area contributed by atoms with Crippen molar-refractivity contribution in [3.05, 3.63) is 53.0 Å². The van der Waals surface area contributed by atoms with Crippen LogP contribution >= 0.6 is 0 Å². The van der Waals surface area contributed by atoms with E-state index in [-0.39, 0.29) is 0 Å². The summed E-state index contributed by atoms with van der Waals surface area (Å²) in [7, 11) is 0. The van der Waals surface area contributed by atoms with Crippen molar-refractivity contribution >= 4 is 0 Å². The highest BCUT2D eigenvalue weighted by atomic mass is 16.5. The number of fused-ring (bicyclic) bond motifs is 1. The summed E-state index contributed by atoms with van der Waals surface area (Å²) in [5.74, 6) is 1.92. The molecule has 1 heterocycles. The van der Waals surface area contributed by atoms with Crippen LogP contribution in [0, 0.1) is 0 Å². The molecule has 1 aromatic heterocycles. The summed E-state index contributed by atoms with van der Waals surface area (Å²) in [5, 5.41) is 3.37. The first-order valence-corrected chi connectivity index (χ1v) is 7.75. The van der Waals surface area contributed by atoms with Crippen LogP contribution in [0.2, 0.25) is 0 Å². The highest BCUT2D eigenvalue weighted by Crippen LogP contribution is 2.26. The van der Waals surface area contributed by atoms with Gasteiger partial charge in [0, 0.05) is 11.6 Å². The predicted octanol–water partition coefficient (Wildman–Crippen LogP) is 3.85. The SMILES string of the molecule is CC(C)NCc1occc1COc1ccc2c(c1)CCC2. The third-order valence-corrected chi connectivity index (χ3v) is 3.97. The molecule has 1 aromatic carbocycles. The topological polar surface area (TPSA) is 34.4 Å². The molecule has 0 spiro atoms. The van der Waals surface area contributed by atoms with Gasteiger partial charge in [0.25, 0.3) is 0 Å². The maximum atomic E-state index is 5.94. The second kappa shape index (κ2) is 6.35. The van der Waals surface area contributed by atoms with E-state index in [2.05, 4.69) is 37.4 Å². The first-order valence-electron chi connectivity index (χ1n) is 7.75. The van der Waals surface area contributed by atoms with Crippen molar-refractivity contribution in [1.29, 1.82) is 0 Å². The van der Waals surface area contributed by atoms with Crippen LogP contribution in [0.3, 0.4) is 0 Å². The molecule has 0 bridgehead atoms. The normalized spacial score (nSPS) is 13.7. The summed E-state index contributed by atoms with van der Waals surface area (Å²) in [6, 6.07) is 8.91. The Labute approximate surface area is 126 Å². The van der Waals surface area contributed by atoms with Gasteiger partial charge in [-0.1, -0.05) is 19.9 Å². The van der Waals surface area contributed by atoms with Gasteiger partial charge in [0.05, 0.1) is 12.8 Å². The zero-order chi connectivity index (χ0) is 14.7. The smallest absolute Gasteiger partial charge is 0.124 e. The first-order chi connectivity index (χ1) is 10.2. The first kappa shape index (κ1) is 14.2. The number of ether oxygens (including phenoxy) is 1. The largest absolute Gasteiger partial charge is 0.489 e. The fourth-order valence-corrected chi connectivity index (χ4v) is 2.75. The third-order valence-electron chi connectivity index (χ3n) is 3.97. The number of rotatable bonds is 6. The van der Waals surface area contributed by atoms with Crippen LogP contribution in [0.5, 0.6) is 5.75 Å². The number of nitrogens with one attached hydrogen (secondary N) is 1. The molecule has 1 N–H and O–H groups in total. The lowest BCUT2D eigenvalue weighted by atomic mass is 10.1. The Morgan fingerprint density at radius 3 is 2.90 bits per heavy atom. The van der Waals surface area contributed by atoms with Crippen molar-refractivity contribution in [2.45, 2.75) is 52.3 Å². The minimum absolute atomic E-state index is 0.445. The highest BCUT2D eigenvalue weighted by Gasteiger charge is 2.12. The molecule has 112 valence electrons. The fraction of sp³-hybridized carbons (Fsp3) is 0.444. The van der Waals surface area contributed by atoms with Gasteiger partial charge in [-0.05, 0) is 48.6 Å². The molecule has 0 saturated carbocycles. The van der Waals surface area contributed by atoms with Gasteiger partial charge >= 0.3 is 0 Å². The maximum Gasteiger partial charge on any atom is 0.124 e. The number of benzene rings is 1. The molecule has 0 fully saturated rings. The van der Waals surface area contributed by atoms with Gasteiger partial charge in [-0.15, -0.1) is 0 Å². The van der Waals surface area contributed by atoms with Gasteiger partial charge in [-0.2, -0.15) is 0 Å². The van der Waals surface area contributed by atoms with Gasteiger partial charge in [0.1, 0.15) is 18.1 Å². The minimum Gasteiger partial charge on any atom is -0.489 e. The van der Waals surface area contributed by atoms with E-state index < -0.39 is 0 Å². The molecule has 21 heavy (non-hydrogen) atoms. The van der Waals surface area contributed by atoms with Crippen LogP contribution in [0.1, 0.15) is 42.7 Å². The second-order valence-corrected chi connectivity index (χ2v) is 5.98. The summed E-state index contributed by atoms with van der Waals surface area (Å²) < 4.78 is 11.5. The van der Waals surface area contributed by atoms with Crippen molar-refractivity contribution in [2.24, 2.45) is 0 Å². The van der Waals surface area contributed by atoms with Crippen LogP contribution in [-0.2, 0) is 26.0 Å². The zero-order valence-electron chi connectivity index (χ0n) is 12.8. The number of aryl methyl sites for hydroxylation is 2. The highest BCUT2D eigenvalue weighted by molar-refractivity contribution is 5.38. The summed E-state index contributed by atoms with van der Waals surface area (Å²) in [6.07, 6.45) is 5.40. The molecule has 0 amide bonds. The number of hydrogen-bond acceptors (Lipinski definition) is 3. The van der Waals surface area contributed by atoms with Gasteiger partial charge in [0.15, 0.2) is 0 Å². The van der Waals surface area contributed by atoms with Gasteiger partial charge in [-0.3, -0.25) is 0 Å². The Kier molecular flexibility index (Phi) is 4.30. The Hall–Kier alpha value is -1.74. The Morgan fingerprint density at radius 1 is 1.19 bits per heavy atom. The van der Waals surface area contributed by atoms with E-state index >= 15 is 0 Å². The fourth-order valence-electron chi connectivity index (χ4n) is 2.75. The number of furan rings is 1. The van der Waals surface area contributed by atoms with E-state index in [0.29, 0.717) is 12.6 Å². The van der Waals surface area contributed by atoms with Crippen molar-refractivity contribution in [2.75, 3.05) is 0 Å². The van der Waals surface area contributed by atoms with Crippen molar-refractivity contribution in [3.63, 3.8) is 0 Å². The quantitative estimate of drug-likeness (QED) is 0.875. The molecule has 0 radical (unpaired) electrons. The van der Waals surface area contributed by atoms with Crippen LogP contribution in [0.15, 0.2) is 34.9 Å². The number of hydrogen-bond donors (Lipinski definition) is 1. The average Bonchev–Trinajstić information content (AvgIpc) is 3.11. The van der Waals surface area contributed by atoms with E-state index in [1.165, 1.54) is 30.4 Å². The molecule has 3 heteroatoms. The molecule has 3 nitrogen and oxygen atoms in total. The van der Waals surface area contributed by atoms with Crippen molar-refractivity contribution in [1.82, 2.24) is 5.32 Å². The molecule has 1 aliphatic carbocycles. The lowest BCUT2D eigenvalue weighted by molar-refractivity contribution is 0.300.